The highest BCUT2D eigenvalue weighted by Crippen LogP contribution is 2.31. The van der Waals surface area contributed by atoms with E-state index < -0.39 is 0 Å². The van der Waals surface area contributed by atoms with Crippen molar-refractivity contribution in [2.45, 2.75) is 12.8 Å². The fourth-order valence-corrected chi connectivity index (χ4v) is 4.09. The first-order valence-electron chi connectivity index (χ1n) is 10.9. The van der Waals surface area contributed by atoms with Crippen molar-refractivity contribution in [3.05, 3.63) is 84.2 Å². The molecular formula is C26H22N4O4. The first-order valence-corrected chi connectivity index (χ1v) is 10.9. The fourth-order valence-electron chi connectivity index (χ4n) is 4.09. The predicted molar refractivity (Wildman–Crippen MR) is 127 cm³/mol. The van der Waals surface area contributed by atoms with Crippen molar-refractivity contribution in [3.8, 4) is 17.0 Å². The van der Waals surface area contributed by atoms with Crippen LogP contribution in [0.15, 0.2) is 73.1 Å². The van der Waals surface area contributed by atoms with E-state index in [1.165, 1.54) is 12.0 Å². The van der Waals surface area contributed by atoms with E-state index in [0.717, 1.165) is 16.9 Å². The molecule has 34 heavy (non-hydrogen) atoms. The van der Waals surface area contributed by atoms with E-state index in [-0.39, 0.29) is 30.7 Å². The van der Waals surface area contributed by atoms with E-state index >= 15 is 0 Å². The Kier molecular flexibility index (Phi) is 5.55. The number of rotatable bonds is 7. The van der Waals surface area contributed by atoms with E-state index in [0.29, 0.717) is 29.0 Å². The van der Waals surface area contributed by atoms with Crippen molar-refractivity contribution >= 4 is 29.1 Å². The molecule has 0 saturated carbocycles. The Morgan fingerprint density at radius 3 is 2.44 bits per heavy atom. The molecule has 0 fully saturated rings. The predicted octanol–water partition coefficient (Wildman–Crippen LogP) is 4.02. The van der Waals surface area contributed by atoms with E-state index in [4.69, 9.17) is 4.74 Å². The Morgan fingerprint density at radius 2 is 1.74 bits per heavy atom. The van der Waals surface area contributed by atoms with Crippen molar-refractivity contribution in [1.82, 2.24) is 14.3 Å². The van der Waals surface area contributed by atoms with Gasteiger partial charge in [0.2, 0.25) is 5.91 Å². The summed E-state index contributed by atoms with van der Waals surface area (Å²) in [4.78, 5) is 43.4. The largest absolute Gasteiger partial charge is 0.495 e. The van der Waals surface area contributed by atoms with Crippen molar-refractivity contribution in [3.63, 3.8) is 0 Å². The van der Waals surface area contributed by atoms with E-state index in [9.17, 15) is 14.4 Å². The van der Waals surface area contributed by atoms with Crippen molar-refractivity contribution in [2.24, 2.45) is 0 Å². The second-order valence-electron chi connectivity index (χ2n) is 7.97. The fraction of sp³-hybridized carbons (Fsp3) is 0.154. The van der Waals surface area contributed by atoms with Crippen LogP contribution in [0.3, 0.4) is 0 Å². The molecule has 1 aliphatic heterocycles. The molecule has 170 valence electrons. The molecule has 0 atom stereocenters. The number of methoxy groups -OCH3 is 1. The summed E-state index contributed by atoms with van der Waals surface area (Å²) in [6.45, 7) is 0.179. The Morgan fingerprint density at radius 1 is 1.00 bits per heavy atom. The van der Waals surface area contributed by atoms with Crippen LogP contribution in [0.5, 0.6) is 5.75 Å². The molecule has 1 N–H and O–H groups in total. The monoisotopic (exact) mass is 454 g/mol. The Labute approximate surface area is 195 Å². The molecule has 2 aromatic carbocycles. The quantitative estimate of drug-likeness (QED) is 0.426. The maximum absolute atomic E-state index is 12.6. The summed E-state index contributed by atoms with van der Waals surface area (Å²) in [5, 5.41) is 2.88. The number of fused-ring (bicyclic) bond motifs is 2. The minimum atomic E-state index is -0.317. The Hall–Kier alpha value is -4.46. The van der Waals surface area contributed by atoms with E-state index in [2.05, 4.69) is 10.3 Å². The van der Waals surface area contributed by atoms with Crippen molar-refractivity contribution in [2.75, 3.05) is 19.0 Å². The molecule has 8 heteroatoms. The van der Waals surface area contributed by atoms with Crippen LogP contribution in [0.25, 0.3) is 16.9 Å². The highest BCUT2D eigenvalue weighted by molar-refractivity contribution is 6.21. The van der Waals surface area contributed by atoms with Gasteiger partial charge in [0.15, 0.2) is 0 Å². The van der Waals surface area contributed by atoms with Gasteiger partial charge in [-0.2, -0.15) is 0 Å². The van der Waals surface area contributed by atoms with Crippen LogP contribution >= 0.6 is 0 Å². The summed E-state index contributed by atoms with van der Waals surface area (Å²) in [7, 11) is 1.54. The third kappa shape index (κ3) is 3.90. The number of anilines is 1. The van der Waals surface area contributed by atoms with Crippen LogP contribution in [0, 0.1) is 0 Å². The van der Waals surface area contributed by atoms with Crippen LogP contribution < -0.4 is 10.1 Å². The van der Waals surface area contributed by atoms with Crippen molar-refractivity contribution in [1.29, 1.82) is 0 Å². The average molecular weight is 454 g/mol. The number of hydrogen-bond acceptors (Lipinski definition) is 5. The first-order chi connectivity index (χ1) is 16.5. The molecule has 0 spiro atoms. The maximum atomic E-state index is 12.6. The highest BCUT2D eigenvalue weighted by Gasteiger charge is 2.34. The highest BCUT2D eigenvalue weighted by atomic mass is 16.5. The molecule has 4 aromatic rings. The van der Waals surface area contributed by atoms with Gasteiger partial charge in [-0.05, 0) is 48.9 Å². The number of benzene rings is 2. The molecule has 8 nitrogen and oxygen atoms in total. The van der Waals surface area contributed by atoms with Gasteiger partial charge < -0.3 is 14.5 Å². The molecule has 0 aliphatic carbocycles. The topological polar surface area (TPSA) is 93.0 Å². The van der Waals surface area contributed by atoms with Crippen LogP contribution in [-0.2, 0) is 4.79 Å². The summed E-state index contributed by atoms with van der Waals surface area (Å²) in [6.07, 6.45) is 4.35. The molecule has 0 unspecified atom stereocenters. The number of ether oxygens (including phenoxy) is 1. The second-order valence-corrected chi connectivity index (χ2v) is 7.97. The van der Waals surface area contributed by atoms with Gasteiger partial charge in [-0.25, -0.2) is 4.98 Å². The van der Waals surface area contributed by atoms with Gasteiger partial charge >= 0.3 is 0 Å². The number of imidazole rings is 1. The van der Waals surface area contributed by atoms with Gasteiger partial charge in [0, 0.05) is 30.9 Å². The van der Waals surface area contributed by atoms with Gasteiger partial charge in [0.25, 0.3) is 11.8 Å². The molecular weight excluding hydrogens is 432 g/mol. The lowest BCUT2D eigenvalue weighted by Crippen LogP contribution is -2.31. The summed E-state index contributed by atoms with van der Waals surface area (Å²) >= 11 is 0. The zero-order valence-electron chi connectivity index (χ0n) is 18.5. The number of pyridine rings is 1. The zero-order chi connectivity index (χ0) is 23.7. The van der Waals surface area contributed by atoms with Gasteiger partial charge in [-0.15, -0.1) is 0 Å². The molecule has 5 rings (SSSR count). The van der Waals surface area contributed by atoms with E-state index in [1.54, 1.807) is 30.3 Å². The standard InChI is InChI=1S/C26H22N4O4/c1-34-22-12-11-17(21-16-29-13-5-4-9-23(29)27-21)15-20(22)28-24(31)10-6-14-30-25(32)18-7-2-3-8-19(18)26(30)33/h2-5,7-9,11-13,15-16H,6,10,14H2,1H3,(H,28,31). The van der Waals surface area contributed by atoms with Crippen molar-refractivity contribution < 1.29 is 19.1 Å². The summed E-state index contributed by atoms with van der Waals surface area (Å²) in [6, 6.07) is 18.0. The van der Waals surface area contributed by atoms with Crippen LogP contribution in [0.4, 0.5) is 5.69 Å². The maximum Gasteiger partial charge on any atom is 0.261 e. The number of imide groups is 1. The minimum absolute atomic E-state index is 0.148. The molecule has 3 amide bonds. The number of carbonyl (C=O) groups excluding carboxylic acids is 3. The third-order valence-electron chi connectivity index (χ3n) is 5.80. The normalized spacial score (nSPS) is 12.8. The lowest BCUT2D eigenvalue weighted by Gasteiger charge is -2.14. The Balaban J connectivity index is 1.25. The van der Waals surface area contributed by atoms with Gasteiger partial charge in [-0.3, -0.25) is 19.3 Å². The molecule has 2 aromatic heterocycles. The van der Waals surface area contributed by atoms with Crippen LogP contribution in [0.2, 0.25) is 0 Å². The lowest BCUT2D eigenvalue weighted by atomic mass is 10.1. The minimum Gasteiger partial charge on any atom is -0.495 e. The Bertz CT molecular complexity index is 1360. The molecule has 3 heterocycles. The second kappa shape index (κ2) is 8.82. The average Bonchev–Trinajstić information content (AvgIpc) is 3.39. The number of carbonyl (C=O) groups is 3. The smallest absolute Gasteiger partial charge is 0.261 e. The molecule has 0 saturated heterocycles. The van der Waals surface area contributed by atoms with E-state index in [1.807, 2.05) is 47.1 Å². The van der Waals surface area contributed by atoms with Crippen LogP contribution in [-0.4, -0.2) is 45.7 Å². The van der Waals surface area contributed by atoms with Gasteiger partial charge in [0.1, 0.15) is 11.4 Å². The zero-order valence-corrected chi connectivity index (χ0v) is 18.5. The summed E-state index contributed by atoms with van der Waals surface area (Å²) < 4.78 is 7.34. The number of nitrogens with one attached hydrogen (secondary N) is 1. The summed E-state index contributed by atoms with van der Waals surface area (Å²) in [5.41, 5.74) is 3.78. The third-order valence-corrected chi connectivity index (χ3v) is 5.80. The lowest BCUT2D eigenvalue weighted by molar-refractivity contribution is -0.116. The first kappa shape index (κ1) is 21.4. The molecule has 1 aliphatic rings. The number of aromatic nitrogens is 2. The van der Waals surface area contributed by atoms with Crippen LogP contribution in [0.1, 0.15) is 33.6 Å². The molecule has 0 bridgehead atoms. The summed E-state index contributed by atoms with van der Waals surface area (Å²) in [5.74, 6) is -0.339. The number of hydrogen-bond donors (Lipinski definition) is 1. The number of amides is 3. The SMILES string of the molecule is COc1ccc(-c2cn3ccccc3n2)cc1NC(=O)CCCN1C(=O)c2ccccc2C1=O. The molecule has 0 radical (unpaired) electrons. The van der Waals surface area contributed by atoms with Gasteiger partial charge in [-0.1, -0.05) is 18.2 Å². The van der Waals surface area contributed by atoms with Gasteiger partial charge in [0.05, 0.1) is 29.6 Å². The number of nitrogens with zero attached hydrogens (tertiary/aromatic N) is 3.